The quantitative estimate of drug-likeness (QED) is 0.686. The van der Waals surface area contributed by atoms with Gasteiger partial charge < -0.3 is 0 Å². The van der Waals surface area contributed by atoms with Crippen molar-refractivity contribution in [1.29, 1.82) is 0 Å². The van der Waals surface area contributed by atoms with E-state index >= 15 is 0 Å². The van der Waals surface area contributed by atoms with Crippen molar-refractivity contribution < 1.29 is 0 Å². The lowest BCUT2D eigenvalue weighted by Crippen LogP contribution is -2.27. The summed E-state index contributed by atoms with van der Waals surface area (Å²) in [7, 11) is 0. The maximum atomic E-state index is 2.52. The molecule has 0 aromatic heterocycles. The van der Waals surface area contributed by atoms with E-state index in [2.05, 4.69) is 56.0 Å². The summed E-state index contributed by atoms with van der Waals surface area (Å²) in [5.41, 5.74) is 1.42. The molecule has 0 aliphatic heterocycles. The van der Waals surface area contributed by atoms with Crippen molar-refractivity contribution in [3.05, 3.63) is 35.9 Å². The van der Waals surface area contributed by atoms with Crippen molar-refractivity contribution in [2.45, 2.75) is 33.7 Å². The van der Waals surface area contributed by atoms with Gasteiger partial charge in [-0.2, -0.15) is 0 Å². The molecule has 0 amide bonds. The highest BCUT2D eigenvalue weighted by Crippen LogP contribution is 2.08. The molecule has 0 bridgehead atoms. The summed E-state index contributed by atoms with van der Waals surface area (Å²) in [5, 5.41) is 0. The van der Waals surface area contributed by atoms with Crippen LogP contribution in [-0.2, 0) is 6.54 Å². The van der Waals surface area contributed by atoms with E-state index < -0.39 is 0 Å². The van der Waals surface area contributed by atoms with E-state index in [1.165, 1.54) is 18.5 Å². The Bertz CT molecular complexity index is 255. The first-order chi connectivity index (χ1) is 7.26. The summed E-state index contributed by atoms with van der Waals surface area (Å²) in [6.07, 6.45) is 1.27. The van der Waals surface area contributed by atoms with Crippen molar-refractivity contribution in [2.75, 3.05) is 13.1 Å². The molecule has 1 unspecified atom stereocenters. The molecule has 1 nitrogen and oxygen atoms in total. The fourth-order valence-electron chi connectivity index (χ4n) is 1.72. The Balaban J connectivity index is 2.47. The Hall–Kier alpha value is -0.820. The van der Waals surface area contributed by atoms with Gasteiger partial charge >= 0.3 is 0 Å². The van der Waals surface area contributed by atoms with Crippen molar-refractivity contribution in [2.24, 2.45) is 5.92 Å². The molecule has 0 spiro atoms. The maximum absolute atomic E-state index is 2.52. The van der Waals surface area contributed by atoms with Crippen molar-refractivity contribution in [1.82, 2.24) is 4.90 Å². The number of hydrogen-bond acceptors (Lipinski definition) is 1. The van der Waals surface area contributed by atoms with Crippen molar-refractivity contribution >= 4 is 0 Å². The zero-order valence-corrected chi connectivity index (χ0v) is 10.2. The van der Waals surface area contributed by atoms with Crippen LogP contribution in [0.1, 0.15) is 32.8 Å². The van der Waals surface area contributed by atoms with Gasteiger partial charge in [-0.05, 0) is 18.0 Å². The van der Waals surface area contributed by atoms with Gasteiger partial charge in [-0.3, -0.25) is 4.90 Å². The third kappa shape index (κ3) is 4.48. The highest BCUT2D eigenvalue weighted by atomic mass is 15.1. The molecule has 0 saturated carbocycles. The summed E-state index contributed by atoms with van der Waals surface area (Å²) in [4.78, 5) is 2.52. The van der Waals surface area contributed by atoms with Crippen LogP contribution in [0.2, 0.25) is 0 Å². The van der Waals surface area contributed by atoms with E-state index in [1.807, 2.05) is 0 Å². The molecule has 0 N–H and O–H groups in total. The number of hydrogen-bond donors (Lipinski definition) is 0. The monoisotopic (exact) mass is 205 g/mol. The molecule has 1 heteroatoms. The normalized spacial score (nSPS) is 13.1. The summed E-state index contributed by atoms with van der Waals surface area (Å²) < 4.78 is 0. The van der Waals surface area contributed by atoms with Gasteiger partial charge in [0.1, 0.15) is 0 Å². The van der Waals surface area contributed by atoms with Crippen molar-refractivity contribution in [3.63, 3.8) is 0 Å². The second kappa shape index (κ2) is 6.62. The van der Waals surface area contributed by atoms with Gasteiger partial charge in [0, 0.05) is 13.1 Å². The highest BCUT2D eigenvalue weighted by Gasteiger charge is 2.07. The lowest BCUT2D eigenvalue weighted by molar-refractivity contribution is 0.238. The van der Waals surface area contributed by atoms with Crippen LogP contribution < -0.4 is 0 Å². The summed E-state index contributed by atoms with van der Waals surface area (Å²) in [6.45, 7) is 10.3. The molecule has 1 aromatic carbocycles. The third-order valence-corrected chi connectivity index (χ3v) is 2.96. The first-order valence-electron chi connectivity index (χ1n) is 6.02. The summed E-state index contributed by atoms with van der Waals surface area (Å²) >= 11 is 0. The lowest BCUT2D eigenvalue weighted by Gasteiger charge is -2.23. The fourth-order valence-corrected chi connectivity index (χ4v) is 1.72. The van der Waals surface area contributed by atoms with E-state index in [4.69, 9.17) is 0 Å². The Morgan fingerprint density at radius 3 is 2.33 bits per heavy atom. The van der Waals surface area contributed by atoms with E-state index in [9.17, 15) is 0 Å². The molecule has 0 saturated heterocycles. The first kappa shape index (κ1) is 12.3. The Labute approximate surface area is 94.1 Å². The smallest absolute Gasteiger partial charge is 0.0233 e. The molecule has 0 aliphatic rings. The fraction of sp³-hybridized carbons (Fsp3) is 0.571. The average molecular weight is 205 g/mol. The van der Waals surface area contributed by atoms with E-state index in [-0.39, 0.29) is 0 Å². The van der Waals surface area contributed by atoms with Gasteiger partial charge in [0.15, 0.2) is 0 Å². The van der Waals surface area contributed by atoms with Gasteiger partial charge in [0.05, 0.1) is 0 Å². The van der Waals surface area contributed by atoms with Crippen LogP contribution in [-0.4, -0.2) is 18.0 Å². The second-order valence-corrected chi connectivity index (χ2v) is 4.33. The molecule has 1 aromatic rings. The third-order valence-electron chi connectivity index (χ3n) is 2.96. The van der Waals surface area contributed by atoms with E-state index in [1.54, 1.807) is 0 Å². The number of benzene rings is 1. The minimum absolute atomic E-state index is 0.800. The first-order valence-corrected chi connectivity index (χ1v) is 6.02. The Kier molecular flexibility index (Phi) is 5.41. The van der Waals surface area contributed by atoms with Crippen LogP contribution in [0.15, 0.2) is 30.3 Å². The molecular formula is C14H23N. The van der Waals surface area contributed by atoms with Crippen LogP contribution in [0.4, 0.5) is 0 Å². The Morgan fingerprint density at radius 1 is 1.13 bits per heavy atom. The zero-order chi connectivity index (χ0) is 11.1. The van der Waals surface area contributed by atoms with Crippen LogP contribution in [0.5, 0.6) is 0 Å². The SMILES string of the molecule is CCC(C)CN(CC)Cc1ccccc1. The average Bonchev–Trinajstić information content (AvgIpc) is 2.29. The van der Waals surface area contributed by atoms with Crippen LogP contribution in [0.25, 0.3) is 0 Å². The van der Waals surface area contributed by atoms with Crippen molar-refractivity contribution in [3.8, 4) is 0 Å². The second-order valence-electron chi connectivity index (χ2n) is 4.33. The minimum atomic E-state index is 0.800. The van der Waals surface area contributed by atoms with Gasteiger partial charge in [0.25, 0.3) is 0 Å². The maximum Gasteiger partial charge on any atom is 0.0233 e. The predicted octanol–water partition coefficient (Wildman–Crippen LogP) is 3.55. The lowest BCUT2D eigenvalue weighted by atomic mass is 10.1. The van der Waals surface area contributed by atoms with Gasteiger partial charge in [-0.1, -0.05) is 57.5 Å². The molecule has 1 rings (SSSR count). The molecule has 15 heavy (non-hydrogen) atoms. The van der Waals surface area contributed by atoms with Gasteiger partial charge in [-0.15, -0.1) is 0 Å². The predicted molar refractivity (Wildman–Crippen MR) is 66.8 cm³/mol. The molecule has 1 atom stereocenters. The van der Waals surface area contributed by atoms with Crippen LogP contribution in [0, 0.1) is 5.92 Å². The number of rotatable bonds is 6. The Morgan fingerprint density at radius 2 is 1.80 bits per heavy atom. The minimum Gasteiger partial charge on any atom is -0.299 e. The van der Waals surface area contributed by atoms with E-state index in [0.29, 0.717) is 0 Å². The number of nitrogens with zero attached hydrogens (tertiary/aromatic N) is 1. The van der Waals surface area contributed by atoms with Crippen LogP contribution >= 0.6 is 0 Å². The molecule has 0 heterocycles. The standard InChI is InChI=1S/C14H23N/c1-4-13(3)11-15(5-2)12-14-9-7-6-8-10-14/h6-10,13H,4-5,11-12H2,1-3H3. The van der Waals surface area contributed by atoms with Gasteiger partial charge in [-0.25, -0.2) is 0 Å². The topological polar surface area (TPSA) is 3.24 Å². The molecule has 0 fully saturated rings. The van der Waals surface area contributed by atoms with E-state index in [0.717, 1.165) is 19.0 Å². The molecular weight excluding hydrogens is 182 g/mol. The largest absolute Gasteiger partial charge is 0.299 e. The van der Waals surface area contributed by atoms with Gasteiger partial charge in [0.2, 0.25) is 0 Å². The summed E-state index contributed by atoms with van der Waals surface area (Å²) in [6, 6.07) is 10.7. The zero-order valence-electron chi connectivity index (χ0n) is 10.2. The molecule has 0 aliphatic carbocycles. The van der Waals surface area contributed by atoms with Crippen LogP contribution in [0.3, 0.4) is 0 Å². The summed E-state index contributed by atoms with van der Waals surface area (Å²) in [5.74, 6) is 0.800. The highest BCUT2D eigenvalue weighted by molar-refractivity contribution is 5.14. The molecule has 84 valence electrons. The molecule has 0 radical (unpaired) electrons.